The Kier molecular flexibility index (Phi) is 1.90. The van der Waals surface area contributed by atoms with Gasteiger partial charge in [-0.15, -0.1) is 0 Å². The normalized spacial score (nSPS) is 15.8. The third-order valence-electron chi connectivity index (χ3n) is 1.94. The molecule has 0 aromatic carbocycles. The highest BCUT2D eigenvalue weighted by molar-refractivity contribution is 6.29. The number of aromatic nitrogens is 1. The molecule has 0 aliphatic carbocycles. The second-order valence-corrected chi connectivity index (χ2v) is 3.15. The molecule has 0 saturated heterocycles. The van der Waals surface area contributed by atoms with Gasteiger partial charge in [-0.05, 0) is 6.07 Å². The van der Waals surface area contributed by atoms with Crippen molar-refractivity contribution in [3.05, 3.63) is 22.5 Å². The molecule has 0 saturated carbocycles. The fraction of sp³-hybridized carbons (Fsp3) is 0.375. The van der Waals surface area contributed by atoms with Crippen LogP contribution in [0, 0.1) is 0 Å². The van der Waals surface area contributed by atoms with Gasteiger partial charge in [0.2, 0.25) is 0 Å². The number of ether oxygens (including phenoxy) is 1. The molecule has 0 radical (unpaired) electrons. The van der Waals surface area contributed by atoms with Crippen LogP contribution in [0.2, 0.25) is 5.15 Å². The Labute approximate surface area is 75.5 Å². The Hall–Kier alpha value is -0.800. The zero-order chi connectivity index (χ0) is 8.55. The minimum Gasteiger partial charge on any atom is -0.398 e. The Morgan fingerprint density at radius 3 is 3.25 bits per heavy atom. The fourth-order valence-corrected chi connectivity index (χ4v) is 1.55. The molecule has 3 nitrogen and oxygen atoms in total. The summed E-state index contributed by atoms with van der Waals surface area (Å²) in [5.41, 5.74) is 8.39. The minimum absolute atomic E-state index is 0.466. The van der Waals surface area contributed by atoms with E-state index in [-0.39, 0.29) is 0 Å². The fourth-order valence-electron chi connectivity index (χ4n) is 1.33. The van der Waals surface area contributed by atoms with Crippen LogP contribution in [0.3, 0.4) is 0 Å². The van der Waals surface area contributed by atoms with Crippen molar-refractivity contribution in [2.45, 2.75) is 13.0 Å². The van der Waals surface area contributed by atoms with Crippen LogP contribution in [0.1, 0.15) is 11.3 Å². The predicted octanol–water partition coefficient (Wildman–Crippen LogP) is 1.39. The van der Waals surface area contributed by atoms with Crippen LogP contribution in [0.5, 0.6) is 0 Å². The van der Waals surface area contributed by atoms with Crippen molar-refractivity contribution in [2.75, 3.05) is 12.3 Å². The van der Waals surface area contributed by atoms with Gasteiger partial charge in [0.1, 0.15) is 5.15 Å². The summed E-state index contributed by atoms with van der Waals surface area (Å²) in [5, 5.41) is 0.466. The molecule has 0 atom stereocenters. The zero-order valence-electron chi connectivity index (χ0n) is 6.51. The van der Waals surface area contributed by atoms with Crippen molar-refractivity contribution in [3.63, 3.8) is 0 Å². The molecule has 0 fully saturated rings. The number of hydrogen-bond acceptors (Lipinski definition) is 3. The van der Waals surface area contributed by atoms with Crippen LogP contribution in [0.15, 0.2) is 6.07 Å². The molecule has 1 aromatic rings. The average molecular weight is 185 g/mol. The van der Waals surface area contributed by atoms with E-state index in [0.717, 1.165) is 17.7 Å². The number of nitrogen functional groups attached to an aromatic ring is 1. The van der Waals surface area contributed by atoms with E-state index < -0.39 is 0 Å². The van der Waals surface area contributed by atoms with Crippen LogP contribution in [0.4, 0.5) is 5.69 Å². The molecule has 0 unspecified atom stereocenters. The van der Waals surface area contributed by atoms with Gasteiger partial charge in [0.25, 0.3) is 0 Å². The molecule has 0 bridgehead atoms. The summed E-state index contributed by atoms with van der Waals surface area (Å²) in [4.78, 5) is 4.18. The Morgan fingerprint density at radius 1 is 1.58 bits per heavy atom. The predicted molar refractivity (Wildman–Crippen MR) is 47.0 cm³/mol. The van der Waals surface area contributed by atoms with Gasteiger partial charge in [-0.25, -0.2) is 4.98 Å². The largest absolute Gasteiger partial charge is 0.398 e. The Balaban J connectivity index is 2.53. The number of halogens is 1. The molecule has 1 aliphatic heterocycles. The summed E-state index contributed by atoms with van der Waals surface area (Å²) >= 11 is 5.75. The highest BCUT2D eigenvalue weighted by Crippen LogP contribution is 2.23. The maximum Gasteiger partial charge on any atom is 0.131 e. The van der Waals surface area contributed by atoms with E-state index in [1.165, 1.54) is 0 Å². The van der Waals surface area contributed by atoms with Gasteiger partial charge in [0.15, 0.2) is 0 Å². The van der Waals surface area contributed by atoms with Gasteiger partial charge >= 0.3 is 0 Å². The van der Waals surface area contributed by atoms with Crippen LogP contribution in [-0.4, -0.2) is 11.6 Å². The standard InChI is InChI=1S/C8H9ClN2O/c9-8-3-6(10)5-4-12-2-1-7(5)11-8/h3H,1-2,4H2,(H2,10,11). The molecular formula is C8H9ClN2O. The van der Waals surface area contributed by atoms with Crippen molar-refractivity contribution in [3.8, 4) is 0 Å². The molecule has 2 heterocycles. The maximum atomic E-state index is 5.75. The average Bonchev–Trinajstić information content (AvgIpc) is 2.04. The van der Waals surface area contributed by atoms with E-state index in [0.29, 0.717) is 24.1 Å². The van der Waals surface area contributed by atoms with Crippen LogP contribution >= 0.6 is 11.6 Å². The molecule has 12 heavy (non-hydrogen) atoms. The number of anilines is 1. The van der Waals surface area contributed by atoms with Gasteiger partial charge in [-0.1, -0.05) is 11.6 Å². The van der Waals surface area contributed by atoms with E-state index in [9.17, 15) is 0 Å². The zero-order valence-corrected chi connectivity index (χ0v) is 7.27. The number of fused-ring (bicyclic) bond motifs is 1. The molecule has 64 valence electrons. The molecular weight excluding hydrogens is 176 g/mol. The van der Waals surface area contributed by atoms with E-state index in [2.05, 4.69) is 4.98 Å². The number of rotatable bonds is 0. The number of nitrogens with zero attached hydrogens (tertiary/aromatic N) is 1. The lowest BCUT2D eigenvalue weighted by Crippen LogP contribution is -2.13. The minimum atomic E-state index is 0.466. The molecule has 0 spiro atoms. The van der Waals surface area contributed by atoms with Gasteiger partial charge in [-0.3, -0.25) is 0 Å². The quantitative estimate of drug-likeness (QED) is 0.620. The van der Waals surface area contributed by atoms with Gasteiger partial charge < -0.3 is 10.5 Å². The highest BCUT2D eigenvalue weighted by atomic mass is 35.5. The second kappa shape index (κ2) is 2.92. The molecule has 4 heteroatoms. The Bertz CT molecular complexity index is 314. The number of hydrogen-bond donors (Lipinski definition) is 1. The first-order valence-electron chi connectivity index (χ1n) is 3.79. The van der Waals surface area contributed by atoms with E-state index >= 15 is 0 Å². The van der Waals surface area contributed by atoms with E-state index in [1.807, 2.05) is 0 Å². The molecule has 2 rings (SSSR count). The summed E-state index contributed by atoms with van der Waals surface area (Å²) in [6.45, 7) is 1.27. The number of nitrogens with two attached hydrogens (primary N) is 1. The van der Waals surface area contributed by atoms with Crippen LogP contribution in [-0.2, 0) is 17.8 Å². The maximum absolute atomic E-state index is 5.75. The lowest BCUT2D eigenvalue weighted by Gasteiger charge is -2.17. The van der Waals surface area contributed by atoms with E-state index in [4.69, 9.17) is 22.1 Å². The van der Waals surface area contributed by atoms with Gasteiger partial charge in [0, 0.05) is 17.7 Å². The first kappa shape index (κ1) is 7.83. The third kappa shape index (κ3) is 1.26. The first-order chi connectivity index (χ1) is 5.77. The van der Waals surface area contributed by atoms with E-state index in [1.54, 1.807) is 6.07 Å². The van der Waals surface area contributed by atoms with Gasteiger partial charge in [0.05, 0.1) is 18.9 Å². The molecule has 2 N–H and O–H groups in total. The van der Waals surface area contributed by atoms with Gasteiger partial charge in [-0.2, -0.15) is 0 Å². The highest BCUT2D eigenvalue weighted by Gasteiger charge is 2.14. The summed E-state index contributed by atoms with van der Waals surface area (Å²) in [7, 11) is 0. The van der Waals surface area contributed by atoms with Crippen molar-refractivity contribution < 1.29 is 4.74 Å². The lowest BCUT2D eigenvalue weighted by atomic mass is 10.1. The van der Waals surface area contributed by atoms with Crippen molar-refractivity contribution in [2.24, 2.45) is 0 Å². The number of pyridine rings is 1. The smallest absolute Gasteiger partial charge is 0.131 e. The summed E-state index contributed by atoms with van der Waals surface area (Å²) < 4.78 is 5.25. The van der Waals surface area contributed by atoms with Crippen molar-refractivity contribution >= 4 is 17.3 Å². The topological polar surface area (TPSA) is 48.1 Å². The SMILES string of the molecule is Nc1cc(Cl)nc2c1COCC2. The summed E-state index contributed by atoms with van der Waals surface area (Å²) in [6.07, 6.45) is 0.806. The Morgan fingerprint density at radius 2 is 2.42 bits per heavy atom. The molecule has 1 aliphatic rings. The first-order valence-corrected chi connectivity index (χ1v) is 4.16. The van der Waals surface area contributed by atoms with Crippen LogP contribution < -0.4 is 5.73 Å². The van der Waals surface area contributed by atoms with Crippen molar-refractivity contribution in [1.29, 1.82) is 0 Å². The lowest BCUT2D eigenvalue weighted by molar-refractivity contribution is 0.110. The summed E-state index contributed by atoms with van der Waals surface area (Å²) in [5.74, 6) is 0. The van der Waals surface area contributed by atoms with Crippen molar-refractivity contribution in [1.82, 2.24) is 4.98 Å². The molecule has 1 aromatic heterocycles. The molecule has 0 amide bonds. The third-order valence-corrected chi connectivity index (χ3v) is 2.14. The second-order valence-electron chi connectivity index (χ2n) is 2.76. The summed E-state index contributed by atoms with van der Waals surface area (Å²) in [6, 6.07) is 1.66. The van der Waals surface area contributed by atoms with Crippen LogP contribution in [0.25, 0.3) is 0 Å². The monoisotopic (exact) mass is 184 g/mol.